The minimum Gasteiger partial charge on any atom is -0.453 e. The number of likely N-dealkylation sites (tertiary alicyclic amines) is 2. The number of methoxy groups -OCH3 is 1. The van der Waals surface area contributed by atoms with Gasteiger partial charge in [-0.25, -0.2) is 14.8 Å². The summed E-state index contributed by atoms with van der Waals surface area (Å²) in [4.78, 5) is 61.9. The molecule has 53 heavy (non-hydrogen) atoms. The molecule has 7 rings (SSSR count). The van der Waals surface area contributed by atoms with Crippen LogP contribution in [0.15, 0.2) is 79.0 Å². The van der Waals surface area contributed by atoms with Gasteiger partial charge in [-0.3, -0.25) is 14.5 Å². The molecule has 0 spiro atoms. The maximum atomic E-state index is 14.0. The third-order valence-corrected chi connectivity index (χ3v) is 10.6. The van der Waals surface area contributed by atoms with Gasteiger partial charge < -0.3 is 29.8 Å². The highest BCUT2D eigenvalue weighted by Crippen LogP contribution is 2.36. The molecule has 5 aromatic rings. The van der Waals surface area contributed by atoms with E-state index in [9.17, 15) is 14.4 Å². The van der Waals surface area contributed by atoms with Crippen LogP contribution >= 0.6 is 0 Å². The zero-order valence-corrected chi connectivity index (χ0v) is 31.0. The van der Waals surface area contributed by atoms with Crippen LogP contribution in [-0.2, 0) is 14.3 Å². The number of likely N-dealkylation sites (N-methyl/N-ethyl adjacent to an activating group) is 1. The number of H-pyrrole nitrogens is 2. The second kappa shape index (κ2) is 15.2. The molecule has 12 heteroatoms. The SMILES string of the molecule is COC(=O)N[C@H](C(=O)N1CCC[C@H]1c1ncc(-c2ccc(-c3ccc4nc([C@@H]5CCCN5C(=O)[C@@H](c5ccccc5)N(C)C)[nH]c4c3)cc2)[nH]1)C(C)C. The first-order valence-electron chi connectivity index (χ1n) is 18.4. The summed E-state index contributed by atoms with van der Waals surface area (Å²) in [5, 5.41) is 2.70. The second-order valence-electron chi connectivity index (χ2n) is 14.6. The molecular weight excluding hydrogens is 669 g/mol. The summed E-state index contributed by atoms with van der Waals surface area (Å²) in [7, 11) is 5.20. The number of imidazole rings is 2. The number of benzene rings is 3. The van der Waals surface area contributed by atoms with Gasteiger partial charge in [-0.05, 0) is 80.1 Å². The molecule has 2 saturated heterocycles. The molecule has 0 bridgehead atoms. The molecule has 0 saturated carbocycles. The van der Waals surface area contributed by atoms with E-state index >= 15 is 0 Å². The first-order chi connectivity index (χ1) is 25.6. The molecular formula is C41H48N8O4. The molecule has 2 aromatic heterocycles. The van der Waals surface area contributed by atoms with Crippen molar-refractivity contribution in [3.63, 3.8) is 0 Å². The molecule has 4 atom stereocenters. The van der Waals surface area contributed by atoms with Crippen molar-refractivity contribution in [2.45, 2.75) is 63.7 Å². The van der Waals surface area contributed by atoms with Gasteiger partial charge in [0.15, 0.2) is 0 Å². The summed E-state index contributed by atoms with van der Waals surface area (Å²) in [6.07, 6.45) is 4.64. The van der Waals surface area contributed by atoms with Crippen molar-refractivity contribution < 1.29 is 19.1 Å². The molecule has 0 unspecified atom stereocenters. The Balaban J connectivity index is 1.06. The lowest BCUT2D eigenvalue weighted by Gasteiger charge is -2.31. The van der Waals surface area contributed by atoms with E-state index in [0.29, 0.717) is 13.1 Å². The predicted octanol–water partition coefficient (Wildman–Crippen LogP) is 6.63. The van der Waals surface area contributed by atoms with Crippen LogP contribution in [0, 0.1) is 5.92 Å². The Bertz CT molecular complexity index is 2070. The van der Waals surface area contributed by atoms with Gasteiger partial charge in [0, 0.05) is 13.1 Å². The van der Waals surface area contributed by atoms with Crippen molar-refractivity contribution in [1.29, 1.82) is 0 Å². The lowest BCUT2D eigenvalue weighted by Crippen LogP contribution is -2.51. The van der Waals surface area contributed by atoms with Gasteiger partial charge in [-0.1, -0.05) is 74.5 Å². The van der Waals surface area contributed by atoms with Crippen molar-refractivity contribution in [3.8, 4) is 22.4 Å². The van der Waals surface area contributed by atoms with E-state index in [1.165, 1.54) is 7.11 Å². The van der Waals surface area contributed by atoms with Crippen molar-refractivity contribution in [3.05, 3.63) is 96.2 Å². The minimum atomic E-state index is -0.681. The van der Waals surface area contributed by atoms with Crippen molar-refractivity contribution in [2.24, 2.45) is 5.92 Å². The number of aromatic amines is 2. The number of rotatable bonds is 10. The Morgan fingerprint density at radius 3 is 2.13 bits per heavy atom. The van der Waals surface area contributed by atoms with Crippen LogP contribution in [0.25, 0.3) is 33.4 Å². The second-order valence-corrected chi connectivity index (χ2v) is 14.6. The Morgan fingerprint density at radius 2 is 1.47 bits per heavy atom. The van der Waals surface area contributed by atoms with E-state index in [-0.39, 0.29) is 35.9 Å². The van der Waals surface area contributed by atoms with Crippen LogP contribution in [-0.4, -0.2) is 92.9 Å². The fourth-order valence-electron chi connectivity index (χ4n) is 7.82. The standard InChI is InChI=1S/C41H48N8O4/c1-25(2)35(46-41(52)53-5)39(50)48-21-9-13-33(48)37-42-24-32(45-37)27-17-15-26(16-18-27)29-19-20-30-31(23-29)44-38(43-30)34-14-10-22-49(34)40(51)36(47(3)4)28-11-7-6-8-12-28/h6-8,11-12,15-20,23-25,33-36H,9-10,13-14,21-22H2,1-5H3,(H,42,45)(H,43,44)(H,46,52)/t33-,34-,35-,36+/m0/s1. The topological polar surface area (TPSA) is 140 Å². The number of nitrogens with one attached hydrogen (secondary N) is 3. The molecule has 2 aliphatic rings. The summed E-state index contributed by atoms with van der Waals surface area (Å²) in [5.41, 5.74) is 6.76. The van der Waals surface area contributed by atoms with Crippen molar-refractivity contribution >= 4 is 28.9 Å². The summed E-state index contributed by atoms with van der Waals surface area (Å²) in [6, 6.07) is 23.2. The monoisotopic (exact) mass is 716 g/mol. The first-order valence-corrected chi connectivity index (χ1v) is 18.4. The van der Waals surface area contributed by atoms with E-state index < -0.39 is 12.1 Å². The lowest BCUT2D eigenvalue weighted by molar-refractivity contribution is -0.137. The fourth-order valence-corrected chi connectivity index (χ4v) is 7.82. The highest BCUT2D eigenvalue weighted by Gasteiger charge is 2.38. The number of aromatic nitrogens is 4. The average molecular weight is 717 g/mol. The van der Waals surface area contributed by atoms with Crippen LogP contribution in [0.2, 0.25) is 0 Å². The van der Waals surface area contributed by atoms with Crippen LogP contribution in [0.4, 0.5) is 4.79 Å². The molecule has 2 fully saturated rings. The van der Waals surface area contributed by atoms with E-state index in [2.05, 4.69) is 56.7 Å². The largest absolute Gasteiger partial charge is 0.453 e. The van der Waals surface area contributed by atoms with Crippen LogP contribution < -0.4 is 5.32 Å². The number of carbonyl (C=O) groups is 3. The molecule has 276 valence electrons. The Kier molecular flexibility index (Phi) is 10.3. The quantitative estimate of drug-likeness (QED) is 0.147. The van der Waals surface area contributed by atoms with E-state index in [1.54, 1.807) is 0 Å². The number of nitrogens with zero attached hydrogens (tertiary/aromatic N) is 5. The number of alkyl carbamates (subject to hydrolysis) is 1. The Hall–Kier alpha value is -5.49. The maximum Gasteiger partial charge on any atom is 0.407 e. The highest BCUT2D eigenvalue weighted by atomic mass is 16.5. The van der Waals surface area contributed by atoms with E-state index in [0.717, 1.165) is 76.3 Å². The number of carbonyl (C=O) groups excluding carboxylic acids is 3. The maximum absolute atomic E-state index is 14.0. The molecule has 3 aromatic carbocycles. The summed E-state index contributed by atoms with van der Waals surface area (Å²) in [6.45, 7) is 5.12. The van der Waals surface area contributed by atoms with Crippen LogP contribution in [0.1, 0.15) is 74.9 Å². The highest BCUT2D eigenvalue weighted by molar-refractivity contribution is 5.87. The van der Waals surface area contributed by atoms with Gasteiger partial charge in [0.2, 0.25) is 11.8 Å². The van der Waals surface area contributed by atoms with Crippen molar-refractivity contribution in [1.82, 2.24) is 40.0 Å². The van der Waals surface area contributed by atoms with Gasteiger partial charge >= 0.3 is 6.09 Å². The zero-order chi connectivity index (χ0) is 37.2. The van der Waals surface area contributed by atoms with Crippen LogP contribution in [0.5, 0.6) is 0 Å². The van der Waals surface area contributed by atoms with Gasteiger partial charge in [-0.2, -0.15) is 0 Å². The average Bonchev–Trinajstić information content (AvgIpc) is 3.99. The minimum absolute atomic E-state index is 0.0936. The van der Waals surface area contributed by atoms with Gasteiger partial charge in [-0.15, -0.1) is 0 Å². The van der Waals surface area contributed by atoms with E-state index in [4.69, 9.17) is 9.72 Å². The fraction of sp³-hybridized carbons (Fsp3) is 0.390. The summed E-state index contributed by atoms with van der Waals surface area (Å²) >= 11 is 0. The molecule has 2 aliphatic heterocycles. The third-order valence-electron chi connectivity index (χ3n) is 10.6. The third kappa shape index (κ3) is 7.28. The predicted molar refractivity (Wildman–Crippen MR) is 204 cm³/mol. The normalized spacial score (nSPS) is 18.5. The van der Waals surface area contributed by atoms with Crippen LogP contribution in [0.3, 0.4) is 0 Å². The zero-order valence-electron chi connectivity index (χ0n) is 31.0. The van der Waals surface area contributed by atoms with Gasteiger partial charge in [0.1, 0.15) is 23.7 Å². The van der Waals surface area contributed by atoms with E-state index in [1.807, 2.05) is 85.2 Å². The number of amides is 3. The first kappa shape index (κ1) is 35.9. The number of fused-ring (bicyclic) bond motifs is 1. The Morgan fingerprint density at radius 1 is 0.830 bits per heavy atom. The molecule has 0 radical (unpaired) electrons. The number of hydrogen-bond acceptors (Lipinski definition) is 7. The van der Waals surface area contributed by atoms with Gasteiger partial charge in [0.25, 0.3) is 0 Å². The molecule has 3 N–H and O–H groups in total. The number of ether oxygens (including phenoxy) is 1. The molecule has 3 amide bonds. The molecule has 0 aliphatic carbocycles. The van der Waals surface area contributed by atoms with Gasteiger partial charge in [0.05, 0.1) is 42.1 Å². The van der Waals surface area contributed by atoms with Crippen molar-refractivity contribution in [2.75, 3.05) is 34.3 Å². The lowest BCUT2D eigenvalue weighted by atomic mass is 10.0. The molecule has 4 heterocycles. The summed E-state index contributed by atoms with van der Waals surface area (Å²) in [5.74, 6) is 1.42. The smallest absolute Gasteiger partial charge is 0.407 e. The number of hydrogen-bond donors (Lipinski definition) is 3. The summed E-state index contributed by atoms with van der Waals surface area (Å²) < 4.78 is 4.76. The Labute approximate surface area is 309 Å². The molecule has 12 nitrogen and oxygen atoms in total.